The van der Waals surface area contributed by atoms with E-state index in [1.807, 2.05) is 0 Å². The molecule has 2 aromatic rings. The van der Waals surface area contributed by atoms with Crippen molar-refractivity contribution in [3.05, 3.63) is 46.4 Å². The topological polar surface area (TPSA) is 112 Å². The minimum atomic E-state index is -1.31. The van der Waals surface area contributed by atoms with Crippen LogP contribution in [0.15, 0.2) is 39.7 Å². The van der Waals surface area contributed by atoms with Crippen LogP contribution < -0.4 is 10.9 Å². The third-order valence-electron chi connectivity index (χ3n) is 3.72. The van der Waals surface area contributed by atoms with E-state index in [-0.39, 0.29) is 11.3 Å². The van der Waals surface area contributed by atoms with E-state index < -0.39 is 23.0 Å². The van der Waals surface area contributed by atoms with Gasteiger partial charge in [0.25, 0.3) is 11.5 Å². The summed E-state index contributed by atoms with van der Waals surface area (Å²) < 4.78 is 5.18. The maximum atomic E-state index is 12.3. The Hall–Kier alpha value is -2.48. The fourth-order valence-electron chi connectivity index (χ4n) is 2.40. The highest BCUT2D eigenvalue weighted by atomic mass is 32.2. The fourth-order valence-corrected chi connectivity index (χ4v) is 3.72. The molecule has 0 saturated carbocycles. The summed E-state index contributed by atoms with van der Waals surface area (Å²) in [6.45, 7) is 0. The van der Waals surface area contributed by atoms with Crippen molar-refractivity contribution in [2.24, 2.45) is 0 Å². The summed E-state index contributed by atoms with van der Waals surface area (Å²) in [6.07, 6.45) is 1.81. The normalized spacial score (nSPS) is 20.3. The summed E-state index contributed by atoms with van der Waals surface area (Å²) in [5.74, 6) is -0.360. The molecular formula is C15H14N2O5S. The van der Waals surface area contributed by atoms with Crippen LogP contribution in [0.2, 0.25) is 0 Å². The zero-order valence-electron chi connectivity index (χ0n) is 12.0. The van der Waals surface area contributed by atoms with Crippen molar-refractivity contribution in [3.8, 4) is 11.5 Å². The third-order valence-corrected chi connectivity index (χ3v) is 4.91. The molecule has 2 aromatic heterocycles. The number of aromatic nitrogens is 1. The maximum Gasteiger partial charge on any atom is 0.330 e. The number of nitrogens with one attached hydrogen (secondary N) is 2. The number of thioether (sulfide) groups is 1. The van der Waals surface area contributed by atoms with Gasteiger partial charge in [-0.3, -0.25) is 9.59 Å². The Morgan fingerprint density at radius 1 is 1.35 bits per heavy atom. The molecule has 0 spiro atoms. The number of rotatable bonds is 4. The number of furan rings is 1. The monoisotopic (exact) mass is 334 g/mol. The van der Waals surface area contributed by atoms with Gasteiger partial charge in [-0.05, 0) is 36.4 Å². The van der Waals surface area contributed by atoms with E-state index in [2.05, 4.69) is 10.3 Å². The number of aromatic amines is 1. The fraction of sp³-hybridized carbons (Fsp3) is 0.267. The summed E-state index contributed by atoms with van der Waals surface area (Å²) in [5, 5.41) is 11.9. The number of carboxylic acid groups (broad SMARTS) is 1. The van der Waals surface area contributed by atoms with Crippen LogP contribution in [0.3, 0.4) is 0 Å². The number of amides is 1. The first-order valence-corrected chi connectivity index (χ1v) is 8.08. The molecule has 1 amide bonds. The van der Waals surface area contributed by atoms with Crippen molar-refractivity contribution in [1.82, 2.24) is 10.3 Å². The van der Waals surface area contributed by atoms with Crippen LogP contribution in [-0.2, 0) is 4.79 Å². The SMILES string of the molecule is O=C(NC1(C(=O)O)CCSC1)c1ccc(-c2ccco2)[nH]c1=O. The highest BCUT2D eigenvalue weighted by Gasteiger charge is 2.43. The Labute approximate surface area is 135 Å². The molecule has 3 N–H and O–H groups in total. The van der Waals surface area contributed by atoms with Crippen LogP contribution in [0.1, 0.15) is 16.8 Å². The lowest BCUT2D eigenvalue weighted by Gasteiger charge is -2.24. The van der Waals surface area contributed by atoms with Gasteiger partial charge in [0.15, 0.2) is 0 Å². The van der Waals surface area contributed by atoms with Gasteiger partial charge in [-0.1, -0.05) is 0 Å². The summed E-state index contributed by atoms with van der Waals surface area (Å²) >= 11 is 1.46. The minimum Gasteiger partial charge on any atom is -0.479 e. The molecule has 3 rings (SSSR count). The standard InChI is InChI=1S/C15H14N2O5S/c18-12-9(3-4-10(16-12)11-2-1-6-22-11)13(19)17-15(14(20)21)5-7-23-8-15/h1-4,6H,5,7-8H2,(H,16,18)(H,17,19)(H,20,21). The first kappa shape index (κ1) is 15.4. The van der Waals surface area contributed by atoms with Crippen molar-refractivity contribution in [3.63, 3.8) is 0 Å². The molecule has 23 heavy (non-hydrogen) atoms. The van der Waals surface area contributed by atoms with Crippen molar-refractivity contribution in [1.29, 1.82) is 0 Å². The number of hydrogen-bond donors (Lipinski definition) is 3. The molecule has 1 unspecified atom stereocenters. The molecule has 0 bridgehead atoms. The second kappa shape index (κ2) is 5.96. The average molecular weight is 334 g/mol. The molecular weight excluding hydrogens is 320 g/mol. The number of H-pyrrole nitrogens is 1. The van der Waals surface area contributed by atoms with Gasteiger partial charge in [-0.15, -0.1) is 0 Å². The summed E-state index contributed by atoms with van der Waals surface area (Å²) in [7, 11) is 0. The largest absolute Gasteiger partial charge is 0.479 e. The van der Waals surface area contributed by atoms with Crippen LogP contribution in [0, 0.1) is 0 Å². The Bertz CT molecular complexity index is 790. The van der Waals surface area contributed by atoms with Crippen LogP contribution in [-0.4, -0.2) is 39.0 Å². The van der Waals surface area contributed by atoms with Crippen molar-refractivity contribution in [2.75, 3.05) is 11.5 Å². The molecule has 3 heterocycles. The molecule has 1 aliphatic rings. The Morgan fingerprint density at radius 2 is 2.17 bits per heavy atom. The lowest BCUT2D eigenvalue weighted by Crippen LogP contribution is -2.55. The van der Waals surface area contributed by atoms with Gasteiger partial charge in [0, 0.05) is 5.75 Å². The van der Waals surface area contributed by atoms with E-state index in [4.69, 9.17) is 4.42 Å². The molecule has 120 valence electrons. The predicted molar refractivity (Wildman–Crippen MR) is 84.5 cm³/mol. The maximum absolute atomic E-state index is 12.3. The zero-order chi connectivity index (χ0) is 16.4. The van der Waals surface area contributed by atoms with Crippen LogP contribution in [0.25, 0.3) is 11.5 Å². The molecule has 0 aliphatic carbocycles. The second-order valence-corrected chi connectivity index (χ2v) is 6.34. The van der Waals surface area contributed by atoms with Gasteiger partial charge in [-0.25, -0.2) is 4.79 Å². The van der Waals surface area contributed by atoms with E-state index >= 15 is 0 Å². The van der Waals surface area contributed by atoms with E-state index in [1.165, 1.54) is 24.1 Å². The third kappa shape index (κ3) is 2.89. The number of aliphatic carboxylic acids is 1. The number of carbonyl (C=O) groups is 2. The van der Waals surface area contributed by atoms with Crippen molar-refractivity contribution < 1.29 is 19.1 Å². The summed E-state index contributed by atoms with van der Waals surface area (Å²) in [6, 6.07) is 6.28. The van der Waals surface area contributed by atoms with Crippen LogP contribution in [0.4, 0.5) is 0 Å². The zero-order valence-corrected chi connectivity index (χ0v) is 12.8. The predicted octanol–water partition coefficient (Wildman–Crippen LogP) is 1.32. The van der Waals surface area contributed by atoms with Crippen molar-refractivity contribution >= 4 is 23.6 Å². The van der Waals surface area contributed by atoms with Gasteiger partial charge in [-0.2, -0.15) is 11.8 Å². The Balaban J connectivity index is 1.85. The van der Waals surface area contributed by atoms with Crippen molar-refractivity contribution in [2.45, 2.75) is 12.0 Å². The minimum absolute atomic E-state index is 0.127. The smallest absolute Gasteiger partial charge is 0.330 e. The number of hydrogen-bond acceptors (Lipinski definition) is 5. The molecule has 1 aliphatic heterocycles. The van der Waals surface area contributed by atoms with E-state index in [1.54, 1.807) is 18.2 Å². The van der Waals surface area contributed by atoms with Gasteiger partial charge >= 0.3 is 5.97 Å². The second-order valence-electron chi connectivity index (χ2n) is 5.24. The summed E-state index contributed by atoms with van der Waals surface area (Å²) in [5.41, 5.74) is -1.59. The first-order chi connectivity index (χ1) is 11.0. The van der Waals surface area contributed by atoms with Crippen LogP contribution in [0.5, 0.6) is 0 Å². The number of carboxylic acids is 1. The van der Waals surface area contributed by atoms with Gasteiger partial charge in [0.05, 0.1) is 12.0 Å². The molecule has 7 nitrogen and oxygen atoms in total. The average Bonchev–Trinajstić information content (AvgIpc) is 3.19. The quantitative estimate of drug-likeness (QED) is 0.777. The van der Waals surface area contributed by atoms with E-state index in [0.717, 1.165) is 0 Å². The molecule has 1 fully saturated rings. The molecule has 1 saturated heterocycles. The van der Waals surface area contributed by atoms with Crippen LogP contribution >= 0.6 is 11.8 Å². The molecule has 8 heteroatoms. The number of carbonyl (C=O) groups excluding carboxylic acids is 1. The first-order valence-electron chi connectivity index (χ1n) is 6.93. The highest BCUT2D eigenvalue weighted by molar-refractivity contribution is 7.99. The summed E-state index contributed by atoms with van der Waals surface area (Å²) in [4.78, 5) is 38.4. The Morgan fingerprint density at radius 3 is 2.74 bits per heavy atom. The molecule has 0 aromatic carbocycles. The van der Waals surface area contributed by atoms with E-state index in [9.17, 15) is 19.5 Å². The van der Waals surface area contributed by atoms with E-state index in [0.29, 0.717) is 23.6 Å². The molecule has 1 atom stereocenters. The van der Waals surface area contributed by atoms with Gasteiger partial charge in [0.2, 0.25) is 0 Å². The van der Waals surface area contributed by atoms with Gasteiger partial charge in [0.1, 0.15) is 16.9 Å². The highest BCUT2D eigenvalue weighted by Crippen LogP contribution is 2.28. The van der Waals surface area contributed by atoms with Gasteiger partial charge < -0.3 is 19.8 Å². The molecule has 0 radical (unpaired) electrons. The number of pyridine rings is 1. The Kier molecular flexibility index (Phi) is 3.99. The lowest BCUT2D eigenvalue weighted by molar-refractivity contribution is -0.143. The lowest BCUT2D eigenvalue weighted by atomic mass is 9.98.